The number of hydrogen-bond acceptors (Lipinski definition) is 4. The summed E-state index contributed by atoms with van der Waals surface area (Å²) in [6, 6.07) is 5.54. The van der Waals surface area contributed by atoms with Crippen molar-refractivity contribution in [1.82, 2.24) is 5.32 Å². The second-order valence-electron chi connectivity index (χ2n) is 5.44. The van der Waals surface area contributed by atoms with E-state index < -0.39 is 5.60 Å². The Morgan fingerprint density at radius 3 is 2.52 bits per heavy atom. The number of benzene rings is 1. The Balaban J connectivity index is 1.85. The standard InChI is InChI=1S/C15H22N2O2S2/c1-11-3-4-13(7-12(11)2)17-14(18)16-8-15(19)9-20-5-6-21-10-15/h3-4,7,19H,5-6,8-10H2,1-2H3,(H2,16,17,18). The minimum Gasteiger partial charge on any atom is -0.386 e. The molecule has 1 fully saturated rings. The van der Waals surface area contributed by atoms with Crippen LogP contribution < -0.4 is 10.6 Å². The molecule has 0 atom stereocenters. The molecule has 2 amide bonds. The van der Waals surface area contributed by atoms with Gasteiger partial charge in [0.25, 0.3) is 0 Å². The summed E-state index contributed by atoms with van der Waals surface area (Å²) in [6.07, 6.45) is 0. The van der Waals surface area contributed by atoms with Gasteiger partial charge in [0.1, 0.15) is 0 Å². The molecule has 0 saturated carbocycles. The summed E-state index contributed by atoms with van der Waals surface area (Å²) in [4.78, 5) is 11.9. The van der Waals surface area contributed by atoms with E-state index in [1.807, 2.05) is 32.0 Å². The van der Waals surface area contributed by atoms with Gasteiger partial charge in [-0.05, 0) is 37.1 Å². The Labute approximate surface area is 134 Å². The maximum Gasteiger partial charge on any atom is 0.319 e. The number of hydrogen-bond donors (Lipinski definition) is 3. The van der Waals surface area contributed by atoms with Gasteiger partial charge < -0.3 is 15.7 Å². The van der Waals surface area contributed by atoms with Gasteiger partial charge >= 0.3 is 6.03 Å². The van der Waals surface area contributed by atoms with Crippen LogP contribution in [0.2, 0.25) is 0 Å². The number of carbonyl (C=O) groups excluding carboxylic acids is 1. The van der Waals surface area contributed by atoms with Gasteiger partial charge in [0.05, 0.1) is 5.60 Å². The minimum atomic E-state index is -0.813. The molecule has 0 bridgehead atoms. The fourth-order valence-electron chi connectivity index (χ4n) is 2.03. The van der Waals surface area contributed by atoms with Crippen molar-refractivity contribution in [2.24, 2.45) is 0 Å². The zero-order valence-corrected chi connectivity index (χ0v) is 14.1. The molecule has 1 aromatic rings. The van der Waals surface area contributed by atoms with Crippen LogP contribution in [-0.2, 0) is 0 Å². The quantitative estimate of drug-likeness (QED) is 0.799. The average Bonchev–Trinajstić information content (AvgIpc) is 2.66. The number of amides is 2. The van der Waals surface area contributed by atoms with Crippen LogP contribution in [0.3, 0.4) is 0 Å². The number of thioether (sulfide) groups is 2. The third kappa shape index (κ3) is 5.13. The highest BCUT2D eigenvalue weighted by Gasteiger charge is 2.29. The van der Waals surface area contributed by atoms with E-state index in [1.54, 1.807) is 23.5 Å². The first kappa shape index (κ1) is 16.5. The fraction of sp³-hybridized carbons (Fsp3) is 0.533. The molecule has 116 valence electrons. The topological polar surface area (TPSA) is 61.4 Å². The van der Waals surface area contributed by atoms with Crippen LogP contribution in [0.1, 0.15) is 11.1 Å². The number of aryl methyl sites for hydroxylation is 2. The molecule has 1 aromatic carbocycles. The second-order valence-corrected chi connectivity index (χ2v) is 7.65. The van der Waals surface area contributed by atoms with Crippen LogP contribution in [0.25, 0.3) is 0 Å². The lowest BCUT2D eigenvalue weighted by atomic mass is 10.1. The molecule has 0 aliphatic carbocycles. The van der Waals surface area contributed by atoms with Gasteiger partial charge in [0.2, 0.25) is 0 Å². The van der Waals surface area contributed by atoms with Crippen molar-refractivity contribution in [3.8, 4) is 0 Å². The third-order valence-electron chi connectivity index (χ3n) is 3.46. The van der Waals surface area contributed by atoms with Gasteiger partial charge in [0, 0.05) is 35.2 Å². The van der Waals surface area contributed by atoms with Gasteiger partial charge in [-0.1, -0.05) is 6.07 Å². The molecule has 1 aliphatic rings. The van der Waals surface area contributed by atoms with Gasteiger partial charge in [-0.15, -0.1) is 0 Å². The predicted octanol–water partition coefficient (Wildman–Crippen LogP) is 2.64. The molecular formula is C15H22N2O2S2. The monoisotopic (exact) mass is 326 g/mol. The summed E-state index contributed by atoms with van der Waals surface area (Å²) in [6.45, 7) is 4.33. The molecule has 1 saturated heterocycles. The lowest BCUT2D eigenvalue weighted by Gasteiger charge is -2.25. The van der Waals surface area contributed by atoms with Crippen LogP contribution in [-0.4, -0.2) is 46.3 Å². The summed E-state index contributed by atoms with van der Waals surface area (Å²) in [5, 5.41) is 16.0. The Hall–Kier alpha value is -0.850. The van der Waals surface area contributed by atoms with Crippen molar-refractivity contribution in [3.63, 3.8) is 0 Å². The second kappa shape index (κ2) is 7.42. The normalized spacial score (nSPS) is 17.9. The van der Waals surface area contributed by atoms with Crippen molar-refractivity contribution in [1.29, 1.82) is 0 Å². The van der Waals surface area contributed by atoms with E-state index in [9.17, 15) is 9.90 Å². The Kier molecular flexibility index (Phi) is 5.84. The van der Waals surface area contributed by atoms with Crippen LogP contribution >= 0.6 is 23.5 Å². The molecule has 1 heterocycles. The minimum absolute atomic E-state index is 0.272. The van der Waals surface area contributed by atoms with Crippen molar-refractivity contribution in [2.45, 2.75) is 19.4 Å². The van der Waals surface area contributed by atoms with Crippen LogP contribution in [0.5, 0.6) is 0 Å². The summed E-state index contributed by atoms with van der Waals surface area (Å²) >= 11 is 3.48. The van der Waals surface area contributed by atoms with Crippen molar-refractivity contribution in [2.75, 3.05) is 34.9 Å². The zero-order valence-electron chi connectivity index (χ0n) is 12.4. The molecule has 3 N–H and O–H groups in total. The highest BCUT2D eigenvalue weighted by atomic mass is 32.2. The number of rotatable bonds is 3. The number of anilines is 1. The maximum absolute atomic E-state index is 11.9. The van der Waals surface area contributed by atoms with E-state index in [0.29, 0.717) is 11.5 Å². The molecule has 0 aromatic heterocycles. The summed E-state index contributed by atoms with van der Waals surface area (Å²) in [5.41, 5.74) is 2.30. The molecule has 0 spiro atoms. The maximum atomic E-state index is 11.9. The summed E-state index contributed by atoms with van der Waals surface area (Å²) in [7, 11) is 0. The first-order valence-electron chi connectivity index (χ1n) is 6.98. The van der Waals surface area contributed by atoms with Crippen molar-refractivity contribution >= 4 is 35.2 Å². The average molecular weight is 326 g/mol. The number of nitrogens with one attached hydrogen (secondary N) is 2. The molecular weight excluding hydrogens is 304 g/mol. The molecule has 4 nitrogen and oxygen atoms in total. The van der Waals surface area contributed by atoms with E-state index in [1.165, 1.54) is 5.56 Å². The van der Waals surface area contributed by atoms with Crippen LogP contribution in [0.4, 0.5) is 10.5 Å². The van der Waals surface area contributed by atoms with E-state index >= 15 is 0 Å². The zero-order chi connectivity index (χ0) is 15.3. The number of urea groups is 1. The highest BCUT2D eigenvalue weighted by Crippen LogP contribution is 2.24. The largest absolute Gasteiger partial charge is 0.386 e. The van der Waals surface area contributed by atoms with Gasteiger partial charge in [-0.25, -0.2) is 4.79 Å². The smallest absolute Gasteiger partial charge is 0.319 e. The van der Waals surface area contributed by atoms with Crippen molar-refractivity contribution in [3.05, 3.63) is 29.3 Å². The third-order valence-corrected chi connectivity index (χ3v) is 6.18. The number of aliphatic hydroxyl groups is 1. The highest BCUT2D eigenvalue weighted by molar-refractivity contribution is 8.03. The molecule has 6 heteroatoms. The molecule has 1 aliphatic heterocycles. The molecule has 0 radical (unpaired) electrons. The van der Waals surface area contributed by atoms with Crippen molar-refractivity contribution < 1.29 is 9.90 Å². The lowest BCUT2D eigenvalue weighted by Crippen LogP contribution is -2.47. The van der Waals surface area contributed by atoms with E-state index in [2.05, 4.69) is 10.6 Å². The first-order chi connectivity index (χ1) is 9.98. The van der Waals surface area contributed by atoms with E-state index in [-0.39, 0.29) is 12.6 Å². The molecule has 0 unspecified atom stereocenters. The fourth-order valence-corrected chi connectivity index (χ4v) is 4.55. The van der Waals surface area contributed by atoms with E-state index in [0.717, 1.165) is 22.8 Å². The Morgan fingerprint density at radius 1 is 1.24 bits per heavy atom. The van der Waals surface area contributed by atoms with E-state index in [4.69, 9.17) is 0 Å². The van der Waals surface area contributed by atoms with Crippen LogP contribution in [0.15, 0.2) is 18.2 Å². The summed E-state index contributed by atoms with van der Waals surface area (Å²) < 4.78 is 0. The number of carbonyl (C=O) groups is 1. The van der Waals surface area contributed by atoms with Gasteiger partial charge in [-0.3, -0.25) is 0 Å². The van der Waals surface area contributed by atoms with Gasteiger partial charge in [-0.2, -0.15) is 23.5 Å². The SMILES string of the molecule is Cc1ccc(NC(=O)NCC2(O)CSCCSC2)cc1C. The summed E-state index contributed by atoms with van der Waals surface area (Å²) in [5.74, 6) is 3.46. The lowest BCUT2D eigenvalue weighted by molar-refractivity contribution is 0.0928. The predicted molar refractivity (Wildman–Crippen MR) is 92.5 cm³/mol. The Bertz CT molecular complexity index is 500. The molecule has 2 rings (SSSR count). The van der Waals surface area contributed by atoms with Gasteiger partial charge in [0.15, 0.2) is 0 Å². The van der Waals surface area contributed by atoms with Crippen LogP contribution in [0, 0.1) is 13.8 Å². The molecule has 21 heavy (non-hydrogen) atoms. The Morgan fingerprint density at radius 2 is 1.90 bits per heavy atom. The first-order valence-corrected chi connectivity index (χ1v) is 9.29.